The first-order chi connectivity index (χ1) is 9.29. The lowest BCUT2D eigenvalue weighted by molar-refractivity contribution is -0.125. The molecule has 1 heterocycles. The largest absolute Gasteiger partial charge is 0.375 e. The summed E-state index contributed by atoms with van der Waals surface area (Å²) in [6, 6.07) is 14.2. The van der Waals surface area contributed by atoms with Gasteiger partial charge in [-0.15, -0.1) is 11.3 Å². The Kier molecular flexibility index (Phi) is 5.12. The molecule has 1 unspecified atom stereocenters. The zero-order valence-electron chi connectivity index (χ0n) is 10.8. The van der Waals surface area contributed by atoms with Gasteiger partial charge in [-0.25, -0.2) is 0 Å². The van der Waals surface area contributed by atoms with Crippen LogP contribution in [0.25, 0.3) is 0 Å². The maximum absolute atomic E-state index is 11.7. The van der Waals surface area contributed by atoms with Crippen LogP contribution >= 0.6 is 11.3 Å². The van der Waals surface area contributed by atoms with Crippen LogP contribution in [0.5, 0.6) is 0 Å². The maximum Gasteiger partial charge on any atom is 0.246 e. The van der Waals surface area contributed by atoms with Crippen molar-refractivity contribution in [3.05, 3.63) is 58.3 Å². The molecule has 2 aromatic rings. The minimum Gasteiger partial charge on any atom is -0.375 e. The molecule has 0 aliphatic carbocycles. The molecule has 1 aromatic heterocycles. The van der Waals surface area contributed by atoms with Crippen LogP contribution in [-0.4, -0.2) is 19.6 Å². The summed E-state index contributed by atoms with van der Waals surface area (Å²) in [5.41, 5.74) is 1.21. The molecule has 1 atom stereocenters. The third-order valence-corrected chi connectivity index (χ3v) is 3.77. The Bertz CT molecular complexity index is 496. The highest BCUT2D eigenvalue weighted by Crippen LogP contribution is 2.22. The van der Waals surface area contributed by atoms with Gasteiger partial charge in [-0.2, -0.15) is 0 Å². The minimum atomic E-state index is -0.0863. The van der Waals surface area contributed by atoms with E-state index in [9.17, 15) is 4.79 Å². The Morgan fingerprint density at radius 2 is 2.05 bits per heavy atom. The number of rotatable bonds is 6. The Morgan fingerprint density at radius 3 is 2.68 bits per heavy atom. The second-order valence-electron chi connectivity index (χ2n) is 4.26. The number of hydrogen-bond donors (Lipinski definition) is 1. The highest BCUT2D eigenvalue weighted by molar-refractivity contribution is 7.10. The topological polar surface area (TPSA) is 38.3 Å². The molecule has 0 spiro atoms. The summed E-state index contributed by atoms with van der Waals surface area (Å²) in [5.74, 6) is -0.0863. The van der Waals surface area contributed by atoms with E-state index in [0.717, 1.165) is 11.3 Å². The van der Waals surface area contributed by atoms with Crippen LogP contribution in [0.2, 0.25) is 0 Å². The van der Waals surface area contributed by atoms with Crippen LogP contribution in [0, 0.1) is 0 Å². The smallest absolute Gasteiger partial charge is 0.246 e. The molecule has 0 radical (unpaired) electrons. The van der Waals surface area contributed by atoms with Gasteiger partial charge in [0.1, 0.15) is 6.61 Å². The van der Waals surface area contributed by atoms with Gasteiger partial charge in [0.05, 0.1) is 6.04 Å². The molecule has 100 valence electrons. The monoisotopic (exact) mass is 275 g/mol. The fourth-order valence-electron chi connectivity index (χ4n) is 1.93. The number of hydrogen-bond acceptors (Lipinski definition) is 3. The SMILES string of the molecule is COCC(=O)NC(Cc1ccccc1)c1cccs1. The van der Waals surface area contributed by atoms with E-state index in [-0.39, 0.29) is 18.6 Å². The Morgan fingerprint density at radius 1 is 1.26 bits per heavy atom. The van der Waals surface area contributed by atoms with Crippen molar-refractivity contribution in [1.82, 2.24) is 5.32 Å². The lowest BCUT2D eigenvalue weighted by atomic mass is 10.0. The molecular weight excluding hydrogens is 258 g/mol. The lowest BCUT2D eigenvalue weighted by Gasteiger charge is -2.17. The van der Waals surface area contributed by atoms with E-state index < -0.39 is 0 Å². The number of thiophene rings is 1. The molecule has 0 fully saturated rings. The van der Waals surface area contributed by atoms with Gasteiger partial charge in [-0.1, -0.05) is 36.4 Å². The van der Waals surface area contributed by atoms with Crippen LogP contribution < -0.4 is 5.32 Å². The summed E-state index contributed by atoms with van der Waals surface area (Å²) in [7, 11) is 1.52. The van der Waals surface area contributed by atoms with Crippen molar-refractivity contribution < 1.29 is 9.53 Å². The summed E-state index contributed by atoms with van der Waals surface area (Å²) < 4.78 is 4.86. The fraction of sp³-hybridized carbons (Fsp3) is 0.267. The first kappa shape index (κ1) is 13.8. The van der Waals surface area contributed by atoms with E-state index in [1.165, 1.54) is 12.7 Å². The van der Waals surface area contributed by atoms with Gasteiger partial charge in [-0.3, -0.25) is 4.79 Å². The van der Waals surface area contributed by atoms with Crippen LogP contribution in [0.1, 0.15) is 16.5 Å². The quantitative estimate of drug-likeness (QED) is 0.880. The number of carbonyl (C=O) groups excluding carboxylic acids is 1. The summed E-state index contributed by atoms with van der Waals surface area (Å²) in [6.07, 6.45) is 0.788. The van der Waals surface area contributed by atoms with Gasteiger partial charge in [-0.05, 0) is 23.4 Å². The minimum absolute atomic E-state index is 0.00468. The number of carbonyl (C=O) groups is 1. The van der Waals surface area contributed by atoms with Gasteiger partial charge >= 0.3 is 0 Å². The number of benzene rings is 1. The first-order valence-electron chi connectivity index (χ1n) is 6.15. The highest BCUT2D eigenvalue weighted by Gasteiger charge is 2.15. The van der Waals surface area contributed by atoms with Crippen LogP contribution in [0.3, 0.4) is 0 Å². The van der Waals surface area contributed by atoms with Crippen LogP contribution in [-0.2, 0) is 16.0 Å². The second kappa shape index (κ2) is 7.07. The van der Waals surface area contributed by atoms with Crippen molar-refractivity contribution in [2.24, 2.45) is 0 Å². The van der Waals surface area contributed by atoms with Crippen LogP contribution in [0.15, 0.2) is 47.8 Å². The van der Waals surface area contributed by atoms with Gasteiger partial charge in [0.25, 0.3) is 0 Å². The van der Waals surface area contributed by atoms with E-state index in [4.69, 9.17) is 4.74 Å². The fourth-order valence-corrected chi connectivity index (χ4v) is 2.71. The van der Waals surface area contributed by atoms with Crippen molar-refractivity contribution in [1.29, 1.82) is 0 Å². The summed E-state index contributed by atoms with van der Waals surface area (Å²) >= 11 is 1.65. The Labute approximate surface area is 117 Å². The molecular formula is C15H17NO2S. The van der Waals surface area contributed by atoms with Gasteiger partial charge < -0.3 is 10.1 Å². The molecule has 1 N–H and O–H groups in total. The molecule has 4 heteroatoms. The van der Waals surface area contributed by atoms with Gasteiger partial charge in [0.15, 0.2) is 0 Å². The molecule has 1 aromatic carbocycles. The Hall–Kier alpha value is -1.65. The van der Waals surface area contributed by atoms with Crippen molar-refractivity contribution in [3.8, 4) is 0 Å². The Balaban J connectivity index is 2.09. The molecule has 0 aliphatic rings. The zero-order chi connectivity index (χ0) is 13.5. The lowest BCUT2D eigenvalue weighted by Crippen LogP contribution is -2.32. The van der Waals surface area contributed by atoms with Gasteiger partial charge in [0, 0.05) is 12.0 Å². The van der Waals surface area contributed by atoms with Crippen molar-refractivity contribution >= 4 is 17.2 Å². The number of ether oxygens (including phenoxy) is 1. The molecule has 1 amide bonds. The van der Waals surface area contributed by atoms with E-state index >= 15 is 0 Å². The predicted molar refractivity (Wildman–Crippen MR) is 77.2 cm³/mol. The van der Waals surface area contributed by atoms with Crippen molar-refractivity contribution in [2.45, 2.75) is 12.5 Å². The zero-order valence-corrected chi connectivity index (χ0v) is 11.7. The van der Waals surface area contributed by atoms with E-state index in [2.05, 4.69) is 17.4 Å². The second-order valence-corrected chi connectivity index (χ2v) is 5.24. The number of amides is 1. The molecule has 2 rings (SSSR count). The third kappa shape index (κ3) is 4.19. The van der Waals surface area contributed by atoms with Crippen molar-refractivity contribution in [3.63, 3.8) is 0 Å². The molecule has 0 saturated carbocycles. The molecule has 19 heavy (non-hydrogen) atoms. The standard InChI is InChI=1S/C15H17NO2S/c1-18-11-15(17)16-13(14-8-5-9-19-14)10-12-6-3-2-4-7-12/h2-9,13H,10-11H2,1H3,(H,16,17). The average Bonchev–Trinajstić information content (AvgIpc) is 2.93. The predicted octanol–water partition coefficient (Wildman–Crippen LogP) is 2.79. The van der Waals surface area contributed by atoms with Crippen LogP contribution in [0.4, 0.5) is 0 Å². The van der Waals surface area contributed by atoms with E-state index in [0.29, 0.717) is 0 Å². The first-order valence-corrected chi connectivity index (χ1v) is 7.03. The number of nitrogens with one attached hydrogen (secondary N) is 1. The molecule has 0 saturated heterocycles. The number of methoxy groups -OCH3 is 1. The summed E-state index contributed by atoms with van der Waals surface area (Å²) in [4.78, 5) is 12.9. The van der Waals surface area contributed by atoms with Crippen molar-refractivity contribution in [2.75, 3.05) is 13.7 Å². The third-order valence-electron chi connectivity index (χ3n) is 2.78. The summed E-state index contributed by atoms with van der Waals surface area (Å²) in [6.45, 7) is 0.0939. The normalized spacial score (nSPS) is 12.1. The maximum atomic E-state index is 11.7. The summed E-state index contributed by atoms with van der Waals surface area (Å²) in [5, 5.41) is 5.04. The van der Waals surface area contributed by atoms with E-state index in [1.54, 1.807) is 11.3 Å². The van der Waals surface area contributed by atoms with E-state index in [1.807, 2.05) is 35.7 Å². The highest BCUT2D eigenvalue weighted by atomic mass is 32.1. The molecule has 0 aliphatic heterocycles. The van der Waals surface area contributed by atoms with Gasteiger partial charge in [0.2, 0.25) is 5.91 Å². The average molecular weight is 275 g/mol. The molecule has 0 bridgehead atoms. The molecule has 3 nitrogen and oxygen atoms in total.